The zero-order valence-electron chi connectivity index (χ0n) is 25.9. The van der Waals surface area contributed by atoms with Crippen LogP contribution < -0.4 is 11.1 Å². The van der Waals surface area contributed by atoms with Crippen LogP contribution in [0.5, 0.6) is 0 Å². The van der Waals surface area contributed by atoms with Gasteiger partial charge in [-0.2, -0.15) is 10.2 Å². The van der Waals surface area contributed by atoms with E-state index in [1.54, 1.807) is 30.2 Å². The van der Waals surface area contributed by atoms with E-state index in [0.29, 0.717) is 36.5 Å². The molecule has 3 atom stereocenters. The number of amides is 2. The van der Waals surface area contributed by atoms with Crippen molar-refractivity contribution in [3.63, 3.8) is 0 Å². The van der Waals surface area contributed by atoms with Gasteiger partial charge in [0, 0.05) is 43.7 Å². The van der Waals surface area contributed by atoms with Crippen molar-refractivity contribution < 1.29 is 23.5 Å². The van der Waals surface area contributed by atoms with Crippen molar-refractivity contribution in [3.05, 3.63) is 82.2 Å². The van der Waals surface area contributed by atoms with Gasteiger partial charge in [0.1, 0.15) is 11.6 Å². The summed E-state index contributed by atoms with van der Waals surface area (Å²) in [6, 6.07) is 5.07. The van der Waals surface area contributed by atoms with Crippen LogP contribution in [0.3, 0.4) is 0 Å². The van der Waals surface area contributed by atoms with Gasteiger partial charge in [-0.25, -0.2) is 8.78 Å². The minimum Gasteiger partial charge on any atom is -0.391 e. The highest BCUT2D eigenvalue weighted by molar-refractivity contribution is 5.96. The summed E-state index contributed by atoms with van der Waals surface area (Å²) in [5.41, 5.74) is 7.65. The number of nitrogens with one attached hydrogen (secondary N) is 1. The molecule has 0 fully saturated rings. The summed E-state index contributed by atoms with van der Waals surface area (Å²) < 4.78 is 28.5. The van der Waals surface area contributed by atoms with E-state index in [2.05, 4.69) is 29.4 Å². The Labute approximate surface area is 253 Å². The van der Waals surface area contributed by atoms with Gasteiger partial charge in [0.15, 0.2) is 0 Å². The topological polar surface area (TPSA) is 121 Å². The third-order valence-electron chi connectivity index (χ3n) is 7.93. The van der Waals surface area contributed by atoms with Crippen LogP contribution in [0.4, 0.5) is 8.78 Å². The van der Waals surface area contributed by atoms with Crippen LogP contribution >= 0.6 is 0 Å². The average molecular weight is 598 g/mol. The van der Waals surface area contributed by atoms with Crippen molar-refractivity contribution >= 4 is 11.8 Å². The summed E-state index contributed by atoms with van der Waals surface area (Å²) in [4.78, 5) is 28.8. The van der Waals surface area contributed by atoms with Gasteiger partial charge in [-0.3, -0.25) is 9.59 Å². The Bertz CT molecular complexity index is 1320. The predicted molar refractivity (Wildman–Crippen MR) is 163 cm³/mol. The molecule has 43 heavy (non-hydrogen) atoms. The number of rotatable bonds is 15. The molecule has 0 saturated carbocycles. The molecule has 8 nitrogen and oxygen atoms in total. The van der Waals surface area contributed by atoms with E-state index in [1.165, 1.54) is 12.1 Å². The number of primary amides is 1. The van der Waals surface area contributed by atoms with E-state index in [0.717, 1.165) is 24.5 Å². The molecule has 0 saturated heterocycles. The lowest BCUT2D eigenvalue weighted by atomic mass is 9.63. The van der Waals surface area contributed by atoms with Crippen molar-refractivity contribution in [2.45, 2.75) is 78.9 Å². The van der Waals surface area contributed by atoms with Gasteiger partial charge >= 0.3 is 0 Å². The number of halogens is 2. The lowest BCUT2D eigenvalue weighted by molar-refractivity contribution is -0.132. The van der Waals surface area contributed by atoms with Gasteiger partial charge in [0.25, 0.3) is 0 Å². The third-order valence-corrected chi connectivity index (χ3v) is 7.93. The van der Waals surface area contributed by atoms with E-state index in [9.17, 15) is 23.5 Å². The van der Waals surface area contributed by atoms with Crippen molar-refractivity contribution in [2.24, 2.45) is 17.1 Å². The fraction of sp³-hybridized carbons (Fsp3) is 0.515. The van der Waals surface area contributed by atoms with Crippen LogP contribution in [0.2, 0.25) is 0 Å². The monoisotopic (exact) mass is 597 g/mol. The molecule has 4 N–H and O–H groups in total. The molecule has 3 rings (SSSR count). The lowest BCUT2D eigenvalue weighted by Crippen LogP contribution is -2.51. The third kappa shape index (κ3) is 8.76. The molecule has 0 radical (unpaired) electrons. The Kier molecular flexibility index (Phi) is 12.1. The fourth-order valence-corrected chi connectivity index (χ4v) is 5.88. The van der Waals surface area contributed by atoms with Crippen LogP contribution in [-0.2, 0) is 22.6 Å². The first-order chi connectivity index (χ1) is 20.4. The number of nitrogens with two attached hydrogens (primary N) is 1. The maximum Gasteiger partial charge on any atom is 0.249 e. The van der Waals surface area contributed by atoms with Gasteiger partial charge in [-0.15, -0.1) is 0 Å². The minimum atomic E-state index is -1.49. The van der Waals surface area contributed by atoms with Gasteiger partial charge < -0.3 is 21.1 Å². The Hall–Kier alpha value is -3.50. The first kappa shape index (κ1) is 34.0. The smallest absolute Gasteiger partial charge is 0.249 e. The van der Waals surface area contributed by atoms with Gasteiger partial charge in [0.05, 0.1) is 23.4 Å². The predicted octanol–water partition coefficient (Wildman–Crippen LogP) is 4.58. The molecule has 1 unspecified atom stereocenters. The number of carbonyl (C=O) groups is 2. The summed E-state index contributed by atoms with van der Waals surface area (Å²) in [7, 11) is 0. The second-order valence-electron chi connectivity index (χ2n) is 11.9. The molecule has 1 aromatic carbocycles. The lowest BCUT2D eigenvalue weighted by Gasteiger charge is -2.42. The summed E-state index contributed by atoms with van der Waals surface area (Å²) in [6.07, 6.45) is 5.44. The number of hydrogen-bond acceptors (Lipinski definition) is 6. The Morgan fingerprint density at radius 3 is 2.35 bits per heavy atom. The Balaban J connectivity index is 1.97. The molecule has 2 aromatic rings. The summed E-state index contributed by atoms with van der Waals surface area (Å²) in [5.74, 6) is -3.09. The molecule has 2 amide bonds. The normalized spacial score (nSPS) is 18.2. The maximum absolute atomic E-state index is 14.2. The summed E-state index contributed by atoms with van der Waals surface area (Å²) in [5, 5.41) is 23.0. The molecule has 0 bridgehead atoms. The Morgan fingerprint density at radius 1 is 1.12 bits per heavy atom. The molecule has 1 aromatic heterocycles. The second-order valence-corrected chi connectivity index (χ2v) is 11.9. The molecule has 1 aliphatic rings. The van der Waals surface area contributed by atoms with Gasteiger partial charge in [-0.05, 0) is 67.9 Å². The SMILES string of the molecule is CCCN(CCC)C(=O)C1=CC(C)=CC(C(N)=O)([C@H](Cc2cc(F)cc(F)c2)[C@@H](O)CNCc2cc(C(C)C)cnn2)C1. The van der Waals surface area contributed by atoms with Gasteiger partial charge in [0.2, 0.25) is 11.8 Å². The van der Waals surface area contributed by atoms with E-state index in [1.807, 2.05) is 19.9 Å². The largest absolute Gasteiger partial charge is 0.391 e. The van der Waals surface area contributed by atoms with E-state index in [-0.39, 0.29) is 36.8 Å². The first-order valence-corrected chi connectivity index (χ1v) is 15.0. The number of benzene rings is 1. The van der Waals surface area contributed by atoms with Gasteiger partial charge in [-0.1, -0.05) is 45.4 Å². The zero-order valence-corrected chi connectivity index (χ0v) is 25.9. The number of carbonyl (C=O) groups excluding carboxylic acids is 2. The van der Waals surface area contributed by atoms with Crippen molar-refractivity contribution in [2.75, 3.05) is 19.6 Å². The maximum atomic E-state index is 14.2. The van der Waals surface area contributed by atoms with E-state index < -0.39 is 35.0 Å². The molecule has 234 valence electrons. The zero-order chi connectivity index (χ0) is 31.7. The number of aliphatic hydroxyl groups is 1. The fourth-order valence-electron chi connectivity index (χ4n) is 5.88. The van der Waals surface area contributed by atoms with Crippen molar-refractivity contribution in [1.82, 2.24) is 20.4 Å². The summed E-state index contributed by atoms with van der Waals surface area (Å²) >= 11 is 0. The van der Waals surface area contributed by atoms with Crippen LogP contribution in [0.25, 0.3) is 0 Å². The second kappa shape index (κ2) is 15.3. The molecule has 10 heteroatoms. The number of aliphatic hydroxyl groups excluding tert-OH is 1. The highest BCUT2D eigenvalue weighted by Gasteiger charge is 2.48. The van der Waals surface area contributed by atoms with Crippen LogP contribution in [-0.4, -0.2) is 57.8 Å². The molecule has 0 spiro atoms. The molecule has 1 aliphatic carbocycles. The highest BCUT2D eigenvalue weighted by atomic mass is 19.1. The van der Waals surface area contributed by atoms with E-state index >= 15 is 0 Å². The Morgan fingerprint density at radius 2 is 1.77 bits per heavy atom. The molecule has 1 heterocycles. The summed E-state index contributed by atoms with van der Waals surface area (Å²) in [6.45, 7) is 11.3. The molecular weight excluding hydrogens is 552 g/mol. The number of allylic oxidation sites excluding steroid dienone is 2. The molecule has 0 aliphatic heterocycles. The van der Waals surface area contributed by atoms with Crippen molar-refractivity contribution in [3.8, 4) is 0 Å². The standard InChI is InChI=1S/C33H45F2N5O3/c1-6-8-40(9-7-2)31(42)24-10-22(5)16-33(17-24,32(36)43)29(13-23-11-26(34)15-27(35)12-23)30(41)20-37-19-28-14-25(21(3)4)18-38-39-28/h10-12,14-16,18,21,29-30,37,41H,6-9,13,17,19-20H2,1-5H3,(H2,36,43)/t29-,30+,33?/m1/s1. The number of nitrogens with zero attached hydrogens (tertiary/aromatic N) is 3. The quantitative estimate of drug-likeness (QED) is 0.276. The first-order valence-electron chi connectivity index (χ1n) is 15.0. The van der Waals surface area contributed by atoms with Crippen LogP contribution in [0.1, 0.15) is 76.6 Å². The molecular formula is C33H45F2N5O3. The average Bonchev–Trinajstić information content (AvgIpc) is 2.94. The van der Waals surface area contributed by atoms with E-state index in [4.69, 9.17) is 5.73 Å². The number of hydrogen-bond donors (Lipinski definition) is 3. The van der Waals surface area contributed by atoms with Crippen LogP contribution in [0, 0.1) is 23.0 Å². The van der Waals surface area contributed by atoms with Crippen molar-refractivity contribution in [1.29, 1.82) is 0 Å². The van der Waals surface area contributed by atoms with Crippen LogP contribution in [0.15, 0.2) is 53.8 Å². The number of aromatic nitrogens is 2. The highest BCUT2D eigenvalue weighted by Crippen LogP contribution is 2.44. The minimum absolute atomic E-state index is 0.0305.